The maximum Gasteiger partial charge on any atom is 0.223 e. The van der Waals surface area contributed by atoms with Crippen LogP contribution in [0.15, 0.2) is 24.3 Å². The molecule has 3 N–H and O–H groups in total. The van der Waals surface area contributed by atoms with Crippen LogP contribution in [-0.4, -0.2) is 44.1 Å². The van der Waals surface area contributed by atoms with E-state index in [-0.39, 0.29) is 5.91 Å². The highest BCUT2D eigenvalue weighted by Crippen LogP contribution is 2.14. The number of anilines is 1. The van der Waals surface area contributed by atoms with Gasteiger partial charge in [-0.1, -0.05) is 13.0 Å². The van der Waals surface area contributed by atoms with Gasteiger partial charge in [-0.3, -0.25) is 4.79 Å². The highest BCUT2D eigenvalue weighted by Gasteiger charge is 2.02. The van der Waals surface area contributed by atoms with Crippen LogP contribution in [0.2, 0.25) is 0 Å². The molecule has 0 aliphatic rings. The van der Waals surface area contributed by atoms with Crippen molar-refractivity contribution >= 4 is 11.6 Å². The minimum absolute atomic E-state index is 0.00778. The van der Waals surface area contributed by atoms with Crippen molar-refractivity contribution in [2.75, 3.05) is 39.0 Å². The summed E-state index contributed by atoms with van der Waals surface area (Å²) in [6.45, 7) is 4.95. The summed E-state index contributed by atoms with van der Waals surface area (Å²) < 4.78 is 5.45. The van der Waals surface area contributed by atoms with Gasteiger partial charge in [0.15, 0.2) is 0 Å². The standard InChI is InChI=1S/C14H23N3O2/c1-3-17(2)9-8-16-14(18)7-10-19-13-6-4-5-12(15)11-13/h4-6,11H,3,7-10,15H2,1-2H3,(H,16,18). The van der Waals surface area contributed by atoms with Crippen molar-refractivity contribution in [2.24, 2.45) is 0 Å². The Bertz CT molecular complexity index is 396. The summed E-state index contributed by atoms with van der Waals surface area (Å²) in [7, 11) is 2.02. The summed E-state index contributed by atoms with van der Waals surface area (Å²) in [5, 5.41) is 2.86. The van der Waals surface area contributed by atoms with Gasteiger partial charge in [0.05, 0.1) is 13.0 Å². The predicted octanol–water partition coefficient (Wildman–Crippen LogP) is 1.11. The number of benzene rings is 1. The van der Waals surface area contributed by atoms with Gasteiger partial charge in [-0.2, -0.15) is 0 Å². The van der Waals surface area contributed by atoms with E-state index in [1.54, 1.807) is 12.1 Å². The average Bonchev–Trinajstić information content (AvgIpc) is 2.38. The van der Waals surface area contributed by atoms with Crippen LogP contribution in [0.5, 0.6) is 5.75 Å². The SMILES string of the molecule is CCN(C)CCNC(=O)CCOc1cccc(N)c1. The summed E-state index contributed by atoms with van der Waals surface area (Å²) in [4.78, 5) is 13.7. The molecule has 5 heteroatoms. The average molecular weight is 265 g/mol. The first-order valence-electron chi connectivity index (χ1n) is 6.55. The summed E-state index contributed by atoms with van der Waals surface area (Å²) in [6.07, 6.45) is 0.352. The number of carbonyl (C=O) groups is 1. The van der Waals surface area contributed by atoms with Crippen molar-refractivity contribution in [2.45, 2.75) is 13.3 Å². The fourth-order valence-electron chi connectivity index (χ4n) is 1.50. The summed E-state index contributed by atoms with van der Waals surface area (Å²) in [5.41, 5.74) is 6.29. The molecule has 0 radical (unpaired) electrons. The number of rotatable bonds is 8. The molecule has 1 aromatic rings. The molecule has 5 nitrogen and oxygen atoms in total. The van der Waals surface area contributed by atoms with E-state index in [1.165, 1.54) is 0 Å². The summed E-state index contributed by atoms with van der Waals surface area (Å²) in [5.74, 6) is 0.701. The lowest BCUT2D eigenvalue weighted by Crippen LogP contribution is -2.33. The van der Waals surface area contributed by atoms with Gasteiger partial charge in [0, 0.05) is 24.8 Å². The van der Waals surface area contributed by atoms with E-state index in [0.717, 1.165) is 13.1 Å². The number of likely N-dealkylation sites (N-methyl/N-ethyl adjacent to an activating group) is 1. The van der Waals surface area contributed by atoms with Crippen molar-refractivity contribution < 1.29 is 9.53 Å². The lowest BCUT2D eigenvalue weighted by atomic mass is 10.3. The first-order chi connectivity index (χ1) is 9.11. The molecule has 106 valence electrons. The van der Waals surface area contributed by atoms with Gasteiger partial charge >= 0.3 is 0 Å². The van der Waals surface area contributed by atoms with E-state index >= 15 is 0 Å². The van der Waals surface area contributed by atoms with Crippen LogP contribution in [0.3, 0.4) is 0 Å². The highest BCUT2D eigenvalue weighted by molar-refractivity contribution is 5.75. The first-order valence-corrected chi connectivity index (χ1v) is 6.55. The largest absolute Gasteiger partial charge is 0.493 e. The number of ether oxygens (including phenoxy) is 1. The molecular weight excluding hydrogens is 242 g/mol. The Balaban J connectivity index is 2.13. The number of nitrogens with zero attached hydrogens (tertiary/aromatic N) is 1. The maximum atomic E-state index is 11.5. The zero-order chi connectivity index (χ0) is 14.1. The van der Waals surface area contributed by atoms with Crippen LogP contribution in [0.1, 0.15) is 13.3 Å². The van der Waals surface area contributed by atoms with Gasteiger partial charge in [-0.25, -0.2) is 0 Å². The fraction of sp³-hybridized carbons (Fsp3) is 0.500. The van der Waals surface area contributed by atoms with E-state index in [2.05, 4.69) is 17.1 Å². The quantitative estimate of drug-likeness (QED) is 0.691. The van der Waals surface area contributed by atoms with E-state index in [4.69, 9.17) is 10.5 Å². The highest BCUT2D eigenvalue weighted by atomic mass is 16.5. The molecule has 1 amide bonds. The van der Waals surface area contributed by atoms with Gasteiger partial charge in [-0.05, 0) is 25.7 Å². The molecular formula is C14H23N3O2. The first kappa shape index (κ1) is 15.3. The molecule has 0 unspecified atom stereocenters. The van der Waals surface area contributed by atoms with Crippen LogP contribution in [0, 0.1) is 0 Å². The maximum absolute atomic E-state index is 11.5. The van der Waals surface area contributed by atoms with Crippen molar-refractivity contribution in [3.8, 4) is 5.75 Å². The minimum atomic E-state index is 0.00778. The minimum Gasteiger partial charge on any atom is -0.493 e. The molecule has 19 heavy (non-hydrogen) atoms. The third kappa shape index (κ3) is 6.67. The van der Waals surface area contributed by atoms with Crippen LogP contribution in [0.4, 0.5) is 5.69 Å². The monoisotopic (exact) mass is 265 g/mol. The van der Waals surface area contributed by atoms with E-state index in [9.17, 15) is 4.79 Å². The molecule has 0 saturated heterocycles. The molecule has 1 aromatic carbocycles. The molecule has 0 heterocycles. The number of hydrogen-bond donors (Lipinski definition) is 2. The Morgan fingerprint density at radius 1 is 1.47 bits per heavy atom. The smallest absolute Gasteiger partial charge is 0.223 e. The molecule has 0 fully saturated rings. The van der Waals surface area contributed by atoms with Crippen molar-refractivity contribution in [3.63, 3.8) is 0 Å². The summed E-state index contributed by atoms with van der Waals surface area (Å²) in [6, 6.07) is 7.19. The van der Waals surface area contributed by atoms with Crippen LogP contribution in [0.25, 0.3) is 0 Å². The Labute approximate surface area is 114 Å². The number of nitrogen functional groups attached to an aromatic ring is 1. The Morgan fingerprint density at radius 2 is 2.26 bits per heavy atom. The summed E-state index contributed by atoms with van der Waals surface area (Å²) >= 11 is 0. The Hall–Kier alpha value is -1.75. The molecule has 0 atom stereocenters. The predicted molar refractivity (Wildman–Crippen MR) is 77.1 cm³/mol. The Kier molecular flexibility index (Phi) is 6.74. The van der Waals surface area contributed by atoms with Crippen molar-refractivity contribution in [1.29, 1.82) is 0 Å². The molecule has 0 saturated carbocycles. The lowest BCUT2D eigenvalue weighted by Gasteiger charge is -2.14. The van der Waals surface area contributed by atoms with Gasteiger partial charge < -0.3 is 20.7 Å². The van der Waals surface area contributed by atoms with Crippen LogP contribution < -0.4 is 15.8 Å². The molecule has 0 aliphatic heterocycles. The van der Waals surface area contributed by atoms with E-state index in [1.807, 2.05) is 19.2 Å². The zero-order valence-electron chi connectivity index (χ0n) is 11.7. The fourth-order valence-corrected chi connectivity index (χ4v) is 1.50. The molecule has 0 spiro atoms. The number of nitrogens with one attached hydrogen (secondary N) is 1. The number of amides is 1. The second-order valence-corrected chi connectivity index (χ2v) is 4.42. The molecule has 0 bridgehead atoms. The van der Waals surface area contributed by atoms with Crippen molar-refractivity contribution in [3.05, 3.63) is 24.3 Å². The second kappa shape index (κ2) is 8.37. The van der Waals surface area contributed by atoms with E-state index in [0.29, 0.717) is 31.0 Å². The van der Waals surface area contributed by atoms with Crippen LogP contribution >= 0.6 is 0 Å². The second-order valence-electron chi connectivity index (χ2n) is 4.42. The van der Waals surface area contributed by atoms with Crippen molar-refractivity contribution in [1.82, 2.24) is 10.2 Å². The normalized spacial score (nSPS) is 10.5. The third-order valence-corrected chi connectivity index (χ3v) is 2.81. The topological polar surface area (TPSA) is 67.6 Å². The lowest BCUT2D eigenvalue weighted by molar-refractivity contribution is -0.121. The number of hydrogen-bond acceptors (Lipinski definition) is 4. The Morgan fingerprint density at radius 3 is 2.95 bits per heavy atom. The van der Waals surface area contributed by atoms with E-state index < -0.39 is 0 Å². The van der Waals surface area contributed by atoms with Gasteiger partial charge in [-0.15, -0.1) is 0 Å². The molecule has 1 rings (SSSR count). The molecule has 0 aliphatic carbocycles. The van der Waals surface area contributed by atoms with Gasteiger partial charge in [0.25, 0.3) is 0 Å². The zero-order valence-corrected chi connectivity index (χ0v) is 11.7. The van der Waals surface area contributed by atoms with Gasteiger partial charge in [0.1, 0.15) is 5.75 Å². The van der Waals surface area contributed by atoms with Gasteiger partial charge in [0.2, 0.25) is 5.91 Å². The van der Waals surface area contributed by atoms with Crippen LogP contribution in [-0.2, 0) is 4.79 Å². The number of nitrogens with two attached hydrogens (primary N) is 1. The number of carbonyl (C=O) groups excluding carboxylic acids is 1. The third-order valence-electron chi connectivity index (χ3n) is 2.81. The molecule has 0 aromatic heterocycles.